The summed E-state index contributed by atoms with van der Waals surface area (Å²) in [5, 5.41) is 0. The SMILES string of the molecule is CCOC(=O)Cn1c(=O)[nH]c(C)c(Br)c1=S. The smallest absolute Gasteiger partial charge is 0.327 e. The van der Waals surface area contributed by atoms with Crippen LogP contribution in [0.5, 0.6) is 0 Å². The van der Waals surface area contributed by atoms with Crippen molar-refractivity contribution in [2.45, 2.75) is 20.4 Å². The van der Waals surface area contributed by atoms with Crippen molar-refractivity contribution in [1.29, 1.82) is 0 Å². The summed E-state index contributed by atoms with van der Waals surface area (Å²) in [7, 11) is 0. The molecule has 0 fully saturated rings. The van der Waals surface area contributed by atoms with E-state index in [4.69, 9.17) is 17.0 Å². The third-order valence-corrected chi connectivity index (χ3v) is 3.55. The Balaban J connectivity index is 3.16. The molecule has 0 bridgehead atoms. The molecule has 1 aromatic rings. The minimum Gasteiger partial charge on any atom is -0.465 e. The number of esters is 1. The fourth-order valence-electron chi connectivity index (χ4n) is 1.13. The Hall–Kier alpha value is -0.950. The summed E-state index contributed by atoms with van der Waals surface area (Å²) in [4.78, 5) is 25.4. The molecule has 0 aromatic carbocycles. The zero-order valence-electron chi connectivity index (χ0n) is 8.87. The van der Waals surface area contributed by atoms with E-state index >= 15 is 0 Å². The Morgan fingerprint density at radius 3 is 2.81 bits per heavy atom. The number of hydrogen-bond donors (Lipinski definition) is 1. The van der Waals surface area contributed by atoms with Gasteiger partial charge in [-0.05, 0) is 29.8 Å². The van der Waals surface area contributed by atoms with E-state index < -0.39 is 11.7 Å². The van der Waals surface area contributed by atoms with E-state index in [0.717, 1.165) is 4.57 Å². The largest absolute Gasteiger partial charge is 0.465 e. The number of ether oxygens (including phenoxy) is 1. The molecule has 5 nitrogen and oxygen atoms in total. The highest BCUT2D eigenvalue weighted by Gasteiger charge is 2.10. The summed E-state index contributed by atoms with van der Waals surface area (Å²) in [6.45, 7) is 3.51. The first kappa shape index (κ1) is 13.1. The molecule has 1 heterocycles. The highest BCUT2D eigenvalue weighted by Crippen LogP contribution is 2.13. The average Bonchev–Trinajstić information content (AvgIpc) is 2.22. The van der Waals surface area contributed by atoms with Gasteiger partial charge >= 0.3 is 11.7 Å². The minimum absolute atomic E-state index is 0.180. The van der Waals surface area contributed by atoms with Gasteiger partial charge in [-0.2, -0.15) is 0 Å². The van der Waals surface area contributed by atoms with Crippen molar-refractivity contribution in [3.8, 4) is 0 Å². The molecule has 1 aromatic heterocycles. The van der Waals surface area contributed by atoms with Crippen LogP contribution < -0.4 is 5.69 Å². The van der Waals surface area contributed by atoms with Gasteiger partial charge in [0.05, 0.1) is 11.1 Å². The molecule has 88 valence electrons. The monoisotopic (exact) mass is 306 g/mol. The Labute approximate surface area is 106 Å². The van der Waals surface area contributed by atoms with E-state index in [-0.39, 0.29) is 17.8 Å². The van der Waals surface area contributed by atoms with Crippen molar-refractivity contribution >= 4 is 34.1 Å². The van der Waals surface area contributed by atoms with E-state index in [1.54, 1.807) is 13.8 Å². The van der Waals surface area contributed by atoms with Crippen LogP contribution in [-0.2, 0) is 16.1 Å². The molecule has 16 heavy (non-hydrogen) atoms. The van der Waals surface area contributed by atoms with Crippen LogP contribution in [0.1, 0.15) is 12.6 Å². The molecule has 0 spiro atoms. The Kier molecular flexibility index (Phi) is 4.43. The summed E-state index contributed by atoms with van der Waals surface area (Å²) in [5.41, 5.74) is 0.217. The predicted octanol–water partition coefficient (Wildman–Crippen LogP) is 1.54. The molecule has 0 aliphatic rings. The zero-order chi connectivity index (χ0) is 12.3. The van der Waals surface area contributed by atoms with Gasteiger partial charge in [0.15, 0.2) is 0 Å². The van der Waals surface area contributed by atoms with E-state index in [0.29, 0.717) is 10.2 Å². The minimum atomic E-state index is -0.486. The van der Waals surface area contributed by atoms with Gasteiger partial charge in [-0.15, -0.1) is 0 Å². The zero-order valence-corrected chi connectivity index (χ0v) is 11.3. The van der Waals surface area contributed by atoms with Gasteiger partial charge in [-0.3, -0.25) is 9.36 Å². The van der Waals surface area contributed by atoms with Crippen LogP contribution in [0.15, 0.2) is 9.27 Å². The summed E-state index contributed by atoms with van der Waals surface area (Å²) in [5.74, 6) is -0.486. The number of carbonyl (C=O) groups is 1. The van der Waals surface area contributed by atoms with Crippen LogP contribution in [0.4, 0.5) is 0 Å². The third-order valence-electron chi connectivity index (χ3n) is 1.89. The lowest BCUT2D eigenvalue weighted by Gasteiger charge is -2.07. The molecule has 0 radical (unpaired) electrons. The topological polar surface area (TPSA) is 64.1 Å². The number of aryl methyl sites for hydroxylation is 1. The number of rotatable bonds is 3. The molecule has 0 saturated heterocycles. The maximum Gasteiger partial charge on any atom is 0.327 e. The van der Waals surface area contributed by atoms with Crippen LogP contribution in [0.2, 0.25) is 0 Å². The molecule has 0 amide bonds. The van der Waals surface area contributed by atoms with Gasteiger partial charge in [0.25, 0.3) is 0 Å². The first-order chi connectivity index (χ1) is 7.47. The molecule has 1 N–H and O–H groups in total. The Bertz CT molecular complexity index is 520. The molecule has 0 unspecified atom stereocenters. The van der Waals surface area contributed by atoms with E-state index in [9.17, 15) is 9.59 Å². The van der Waals surface area contributed by atoms with Gasteiger partial charge in [-0.1, -0.05) is 12.2 Å². The van der Waals surface area contributed by atoms with Gasteiger partial charge in [0, 0.05) is 5.69 Å². The van der Waals surface area contributed by atoms with Crippen LogP contribution in [0.3, 0.4) is 0 Å². The second-order valence-corrected chi connectivity index (χ2v) is 4.25. The Morgan fingerprint density at radius 1 is 1.62 bits per heavy atom. The number of nitrogens with one attached hydrogen (secondary N) is 1. The van der Waals surface area contributed by atoms with Crippen LogP contribution in [0, 0.1) is 11.6 Å². The fraction of sp³-hybridized carbons (Fsp3) is 0.444. The van der Waals surface area contributed by atoms with Gasteiger partial charge in [0.1, 0.15) is 11.2 Å². The standard InChI is InChI=1S/C9H11BrN2O3S/c1-3-15-6(13)4-12-8(16)7(10)5(2)11-9(12)14/h3-4H2,1-2H3,(H,11,14). The highest BCUT2D eigenvalue weighted by atomic mass is 79.9. The van der Waals surface area contributed by atoms with Crippen molar-refractivity contribution in [2.75, 3.05) is 6.61 Å². The number of carbonyl (C=O) groups excluding carboxylic acids is 1. The lowest BCUT2D eigenvalue weighted by Crippen LogP contribution is -2.29. The van der Waals surface area contributed by atoms with Crippen LogP contribution in [0.25, 0.3) is 0 Å². The molecule has 1 rings (SSSR count). The first-order valence-electron chi connectivity index (χ1n) is 4.62. The van der Waals surface area contributed by atoms with Crippen LogP contribution >= 0.6 is 28.1 Å². The number of hydrogen-bond acceptors (Lipinski definition) is 4. The maximum atomic E-state index is 11.6. The fourth-order valence-corrected chi connectivity index (χ4v) is 1.75. The van der Waals surface area contributed by atoms with E-state index in [2.05, 4.69) is 20.9 Å². The highest BCUT2D eigenvalue weighted by molar-refractivity contribution is 9.10. The van der Waals surface area contributed by atoms with E-state index in [1.807, 2.05) is 0 Å². The second kappa shape index (κ2) is 5.40. The molecule has 0 saturated carbocycles. The number of aromatic amines is 1. The average molecular weight is 307 g/mol. The van der Waals surface area contributed by atoms with Crippen molar-refractivity contribution < 1.29 is 9.53 Å². The van der Waals surface area contributed by atoms with Crippen molar-refractivity contribution in [3.63, 3.8) is 0 Å². The molecular formula is C9H11BrN2O3S. The predicted molar refractivity (Wildman–Crippen MR) is 65.0 cm³/mol. The lowest BCUT2D eigenvalue weighted by atomic mass is 10.4. The van der Waals surface area contributed by atoms with Gasteiger partial charge in [0.2, 0.25) is 0 Å². The van der Waals surface area contributed by atoms with Gasteiger partial charge in [-0.25, -0.2) is 4.79 Å². The van der Waals surface area contributed by atoms with Gasteiger partial charge < -0.3 is 9.72 Å². The first-order valence-corrected chi connectivity index (χ1v) is 5.82. The van der Waals surface area contributed by atoms with E-state index in [1.165, 1.54) is 0 Å². The summed E-state index contributed by atoms with van der Waals surface area (Å²) in [6, 6.07) is 0. The number of aromatic nitrogens is 2. The Morgan fingerprint density at radius 2 is 2.25 bits per heavy atom. The summed E-state index contributed by atoms with van der Waals surface area (Å²) in [6.07, 6.45) is 0. The molecular weight excluding hydrogens is 296 g/mol. The summed E-state index contributed by atoms with van der Waals surface area (Å²) >= 11 is 8.30. The summed E-state index contributed by atoms with van der Waals surface area (Å²) < 4.78 is 6.80. The second-order valence-electron chi connectivity index (χ2n) is 3.07. The number of nitrogens with zero attached hydrogens (tertiary/aromatic N) is 1. The number of halogens is 1. The molecule has 0 atom stereocenters. The van der Waals surface area contributed by atoms with Crippen LogP contribution in [-0.4, -0.2) is 22.1 Å². The maximum absolute atomic E-state index is 11.6. The molecule has 0 aliphatic heterocycles. The third kappa shape index (κ3) is 2.79. The number of H-pyrrole nitrogens is 1. The quantitative estimate of drug-likeness (QED) is 0.679. The molecule has 7 heteroatoms. The normalized spacial score (nSPS) is 10.2. The van der Waals surface area contributed by atoms with Crippen molar-refractivity contribution in [1.82, 2.24) is 9.55 Å². The van der Waals surface area contributed by atoms with Crippen molar-refractivity contribution in [2.24, 2.45) is 0 Å². The van der Waals surface area contributed by atoms with Crippen molar-refractivity contribution in [3.05, 3.63) is 25.3 Å². The molecule has 0 aliphatic carbocycles. The lowest BCUT2D eigenvalue weighted by molar-refractivity contribution is -0.143.